The van der Waals surface area contributed by atoms with Gasteiger partial charge < -0.3 is 4.74 Å². The molecule has 120 valence electrons. The highest BCUT2D eigenvalue weighted by Gasteiger charge is 2.50. The molecule has 3 rings (SSSR count). The summed E-state index contributed by atoms with van der Waals surface area (Å²) in [4.78, 5) is 25.8. The third-order valence-corrected chi connectivity index (χ3v) is 5.52. The lowest BCUT2D eigenvalue weighted by atomic mass is 9.77. The maximum absolute atomic E-state index is 13.2. The van der Waals surface area contributed by atoms with Crippen molar-refractivity contribution in [3.63, 3.8) is 0 Å². The van der Waals surface area contributed by atoms with Gasteiger partial charge in [0.25, 0.3) is 0 Å². The number of hydrogen-bond acceptors (Lipinski definition) is 3. The number of rotatable bonds is 4. The van der Waals surface area contributed by atoms with Crippen molar-refractivity contribution >= 4 is 38.7 Å². The lowest BCUT2D eigenvalue weighted by Gasteiger charge is -2.33. The fraction of sp³-hybridized carbons (Fsp3) is 0.333. The SMILES string of the molecule is C=CCOC(=O)C1(CC)CCc2c(Br)c3ccccc3n2C1=O. The topological polar surface area (TPSA) is 48.3 Å². The Morgan fingerprint density at radius 2 is 2.22 bits per heavy atom. The van der Waals surface area contributed by atoms with Crippen LogP contribution in [0.4, 0.5) is 0 Å². The van der Waals surface area contributed by atoms with E-state index in [1.165, 1.54) is 6.08 Å². The Hall–Kier alpha value is -1.88. The van der Waals surface area contributed by atoms with Crippen LogP contribution in [-0.2, 0) is 16.0 Å². The monoisotopic (exact) mass is 375 g/mol. The van der Waals surface area contributed by atoms with Crippen molar-refractivity contribution in [3.05, 3.63) is 47.1 Å². The van der Waals surface area contributed by atoms with Crippen molar-refractivity contribution < 1.29 is 14.3 Å². The highest BCUT2D eigenvalue weighted by Crippen LogP contribution is 2.42. The molecule has 1 aliphatic rings. The molecule has 0 N–H and O–H groups in total. The van der Waals surface area contributed by atoms with Gasteiger partial charge in [0.2, 0.25) is 5.91 Å². The minimum atomic E-state index is -1.11. The molecule has 0 saturated heterocycles. The maximum Gasteiger partial charge on any atom is 0.321 e. The Balaban J connectivity index is 2.14. The van der Waals surface area contributed by atoms with Gasteiger partial charge in [-0.05, 0) is 41.3 Å². The van der Waals surface area contributed by atoms with Crippen LogP contribution in [0.15, 0.2) is 41.4 Å². The number of carbonyl (C=O) groups is 2. The highest BCUT2D eigenvalue weighted by atomic mass is 79.9. The van der Waals surface area contributed by atoms with Crippen molar-refractivity contribution in [2.45, 2.75) is 26.2 Å². The Kier molecular flexibility index (Phi) is 4.15. The third kappa shape index (κ3) is 2.26. The summed E-state index contributed by atoms with van der Waals surface area (Å²) < 4.78 is 7.84. The first-order valence-corrected chi connectivity index (χ1v) is 8.47. The van der Waals surface area contributed by atoms with E-state index in [-0.39, 0.29) is 12.5 Å². The van der Waals surface area contributed by atoms with Gasteiger partial charge in [0, 0.05) is 15.6 Å². The number of aromatic nitrogens is 1. The first kappa shape index (κ1) is 16.0. The molecular weight excluding hydrogens is 358 g/mol. The number of nitrogens with zero attached hydrogens (tertiary/aromatic N) is 1. The molecule has 0 saturated carbocycles. The molecule has 0 spiro atoms. The average Bonchev–Trinajstić information content (AvgIpc) is 2.87. The van der Waals surface area contributed by atoms with E-state index in [2.05, 4.69) is 22.5 Å². The molecule has 0 aliphatic carbocycles. The molecule has 1 atom stereocenters. The summed E-state index contributed by atoms with van der Waals surface area (Å²) >= 11 is 3.60. The van der Waals surface area contributed by atoms with Crippen LogP contribution in [0.25, 0.3) is 10.9 Å². The molecule has 2 heterocycles. The number of carbonyl (C=O) groups excluding carboxylic acids is 2. The molecule has 1 aromatic heterocycles. The van der Waals surface area contributed by atoms with Crippen LogP contribution in [-0.4, -0.2) is 23.1 Å². The van der Waals surface area contributed by atoms with Crippen molar-refractivity contribution in [3.8, 4) is 0 Å². The fourth-order valence-corrected chi connectivity index (χ4v) is 4.00. The number of benzene rings is 1. The largest absolute Gasteiger partial charge is 0.461 e. The second-order valence-corrected chi connectivity index (χ2v) is 6.53. The Labute approximate surface area is 143 Å². The summed E-state index contributed by atoms with van der Waals surface area (Å²) in [6.45, 7) is 5.53. The Bertz CT molecular complexity index is 808. The Morgan fingerprint density at radius 1 is 1.48 bits per heavy atom. The molecule has 0 bridgehead atoms. The van der Waals surface area contributed by atoms with E-state index in [0.717, 1.165) is 21.1 Å². The van der Waals surface area contributed by atoms with E-state index in [1.54, 1.807) is 4.57 Å². The van der Waals surface area contributed by atoms with Crippen LogP contribution < -0.4 is 0 Å². The van der Waals surface area contributed by atoms with Crippen molar-refractivity contribution in [1.29, 1.82) is 0 Å². The van der Waals surface area contributed by atoms with Crippen LogP contribution in [0.3, 0.4) is 0 Å². The quantitative estimate of drug-likeness (QED) is 0.458. The summed E-state index contributed by atoms with van der Waals surface area (Å²) in [6.07, 6.45) is 3.05. The first-order valence-electron chi connectivity index (χ1n) is 7.67. The van der Waals surface area contributed by atoms with E-state index in [4.69, 9.17) is 4.74 Å². The molecule has 23 heavy (non-hydrogen) atoms. The van der Waals surface area contributed by atoms with Crippen molar-refractivity contribution in [1.82, 2.24) is 4.57 Å². The molecule has 0 amide bonds. The molecular formula is C18H18BrNO3. The normalized spacial score (nSPS) is 20.3. The van der Waals surface area contributed by atoms with Crippen LogP contribution in [0, 0.1) is 5.41 Å². The van der Waals surface area contributed by atoms with Gasteiger partial charge in [-0.25, -0.2) is 0 Å². The van der Waals surface area contributed by atoms with Gasteiger partial charge in [0.15, 0.2) is 0 Å². The summed E-state index contributed by atoms with van der Waals surface area (Å²) in [5.41, 5.74) is 0.641. The van der Waals surface area contributed by atoms with E-state index in [0.29, 0.717) is 19.3 Å². The molecule has 2 aromatic rings. The molecule has 1 unspecified atom stereocenters. The molecule has 5 heteroatoms. The smallest absolute Gasteiger partial charge is 0.321 e. The fourth-order valence-electron chi connectivity index (χ4n) is 3.29. The van der Waals surface area contributed by atoms with Gasteiger partial charge >= 0.3 is 5.97 Å². The van der Waals surface area contributed by atoms with Gasteiger partial charge in [-0.1, -0.05) is 37.8 Å². The average molecular weight is 376 g/mol. The third-order valence-electron chi connectivity index (χ3n) is 4.63. The van der Waals surface area contributed by atoms with Crippen LogP contribution in [0.1, 0.15) is 30.3 Å². The minimum absolute atomic E-state index is 0.122. The number of ether oxygens (including phenoxy) is 1. The standard InChI is InChI=1S/C18H18BrNO3/c1-3-11-23-17(22)18(4-2)10-9-14-15(19)12-7-5-6-8-13(12)20(14)16(18)21/h3,5-8H,1,4,9-11H2,2H3. The number of fused-ring (bicyclic) bond motifs is 3. The van der Waals surface area contributed by atoms with E-state index in [9.17, 15) is 9.59 Å². The molecule has 0 fully saturated rings. The number of halogens is 1. The second-order valence-electron chi connectivity index (χ2n) is 5.74. The lowest BCUT2D eigenvalue weighted by Crippen LogP contribution is -2.46. The van der Waals surface area contributed by atoms with E-state index in [1.807, 2.05) is 31.2 Å². The molecule has 4 nitrogen and oxygen atoms in total. The van der Waals surface area contributed by atoms with Gasteiger partial charge in [0.1, 0.15) is 12.0 Å². The summed E-state index contributed by atoms with van der Waals surface area (Å²) in [5, 5.41) is 0.988. The van der Waals surface area contributed by atoms with Gasteiger partial charge in [-0.2, -0.15) is 0 Å². The number of para-hydroxylation sites is 1. The predicted molar refractivity (Wildman–Crippen MR) is 92.5 cm³/mol. The van der Waals surface area contributed by atoms with Gasteiger partial charge in [0.05, 0.1) is 5.52 Å². The highest BCUT2D eigenvalue weighted by molar-refractivity contribution is 9.10. The van der Waals surface area contributed by atoms with E-state index < -0.39 is 11.4 Å². The van der Waals surface area contributed by atoms with Crippen LogP contribution in [0.2, 0.25) is 0 Å². The summed E-state index contributed by atoms with van der Waals surface area (Å²) in [6, 6.07) is 7.71. The minimum Gasteiger partial charge on any atom is -0.461 e. The van der Waals surface area contributed by atoms with Crippen LogP contribution >= 0.6 is 15.9 Å². The lowest BCUT2D eigenvalue weighted by molar-refractivity contribution is -0.152. The Morgan fingerprint density at radius 3 is 2.91 bits per heavy atom. The van der Waals surface area contributed by atoms with Crippen molar-refractivity contribution in [2.24, 2.45) is 5.41 Å². The maximum atomic E-state index is 13.2. The molecule has 1 aliphatic heterocycles. The summed E-state index contributed by atoms with van der Waals surface area (Å²) in [5.74, 6) is -0.651. The second kappa shape index (κ2) is 5.96. The predicted octanol–water partition coefficient (Wildman–Crippen LogP) is 4.12. The molecule has 0 radical (unpaired) electrons. The van der Waals surface area contributed by atoms with Gasteiger partial charge in [-0.15, -0.1) is 0 Å². The van der Waals surface area contributed by atoms with Gasteiger partial charge in [-0.3, -0.25) is 14.2 Å². The number of esters is 1. The molecule has 1 aromatic carbocycles. The zero-order valence-corrected chi connectivity index (χ0v) is 14.6. The summed E-state index contributed by atoms with van der Waals surface area (Å²) in [7, 11) is 0. The van der Waals surface area contributed by atoms with Crippen molar-refractivity contribution in [2.75, 3.05) is 6.61 Å². The zero-order chi connectivity index (χ0) is 16.6. The van der Waals surface area contributed by atoms with Crippen LogP contribution in [0.5, 0.6) is 0 Å². The number of hydrogen-bond donors (Lipinski definition) is 0. The first-order chi connectivity index (χ1) is 11.1. The van der Waals surface area contributed by atoms with E-state index >= 15 is 0 Å². The zero-order valence-electron chi connectivity index (χ0n) is 13.0.